The highest BCUT2D eigenvalue weighted by Crippen LogP contribution is 2.33. The van der Waals surface area contributed by atoms with E-state index in [2.05, 4.69) is 54.4 Å². The van der Waals surface area contributed by atoms with Crippen LogP contribution in [-0.4, -0.2) is 37.8 Å². The van der Waals surface area contributed by atoms with Gasteiger partial charge in [-0.3, -0.25) is 10.1 Å². The Hall–Kier alpha value is -2.03. The maximum atomic E-state index is 10.9. The van der Waals surface area contributed by atoms with Crippen molar-refractivity contribution in [3.63, 3.8) is 0 Å². The average Bonchev–Trinajstić information content (AvgIpc) is 3.04. The zero-order valence-corrected chi connectivity index (χ0v) is 15.2. The molecule has 3 rings (SSSR count). The highest BCUT2D eigenvalue weighted by Gasteiger charge is 2.28. The molecule has 0 saturated carbocycles. The SMILES string of the molecule is CC(C)n1cnnc1C1CCCN(c2ncc([N+](=O)[O-])cc2Br)C1. The zero-order chi connectivity index (χ0) is 17.3. The summed E-state index contributed by atoms with van der Waals surface area (Å²) in [5, 5.41) is 19.2. The second-order valence-corrected chi connectivity index (χ2v) is 7.09. The van der Waals surface area contributed by atoms with E-state index in [-0.39, 0.29) is 11.6 Å². The first-order chi connectivity index (χ1) is 11.5. The van der Waals surface area contributed by atoms with Gasteiger partial charge in [0.15, 0.2) is 0 Å². The Bertz CT molecular complexity index is 747. The molecule has 2 aromatic rings. The monoisotopic (exact) mass is 394 g/mol. The number of hydrogen-bond acceptors (Lipinski definition) is 6. The van der Waals surface area contributed by atoms with Crippen molar-refractivity contribution in [1.82, 2.24) is 19.7 Å². The number of anilines is 1. The van der Waals surface area contributed by atoms with E-state index in [4.69, 9.17) is 0 Å². The molecular weight excluding hydrogens is 376 g/mol. The van der Waals surface area contributed by atoms with Gasteiger partial charge in [-0.25, -0.2) is 4.98 Å². The van der Waals surface area contributed by atoms with Crippen LogP contribution in [0.15, 0.2) is 23.1 Å². The maximum Gasteiger partial charge on any atom is 0.288 e. The lowest BCUT2D eigenvalue weighted by Crippen LogP contribution is -2.36. The van der Waals surface area contributed by atoms with Crippen LogP contribution in [0.2, 0.25) is 0 Å². The summed E-state index contributed by atoms with van der Waals surface area (Å²) in [6.07, 6.45) is 5.15. The summed E-state index contributed by atoms with van der Waals surface area (Å²) in [4.78, 5) is 16.9. The van der Waals surface area contributed by atoms with Crippen LogP contribution in [0, 0.1) is 10.1 Å². The Morgan fingerprint density at radius 3 is 2.92 bits per heavy atom. The Kier molecular flexibility index (Phi) is 4.79. The van der Waals surface area contributed by atoms with Crippen molar-refractivity contribution in [3.8, 4) is 0 Å². The molecule has 1 saturated heterocycles. The summed E-state index contributed by atoms with van der Waals surface area (Å²) in [6, 6.07) is 1.82. The summed E-state index contributed by atoms with van der Waals surface area (Å²) in [6.45, 7) is 5.87. The second-order valence-electron chi connectivity index (χ2n) is 6.23. The molecule has 1 atom stereocenters. The Morgan fingerprint density at radius 1 is 1.46 bits per heavy atom. The fraction of sp³-hybridized carbons (Fsp3) is 0.533. The van der Waals surface area contributed by atoms with Crippen molar-refractivity contribution in [2.24, 2.45) is 0 Å². The lowest BCUT2D eigenvalue weighted by molar-refractivity contribution is -0.385. The molecule has 0 aromatic carbocycles. The lowest BCUT2D eigenvalue weighted by Gasteiger charge is -2.34. The fourth-order valence-corrected chi connectivity index (χ4v) is 3.66. The molecule has 3 heterocycles. The van der Waals surface area contributed by atoms with Crippen LogP contribution in [-0.2, 0) is 0 Å². The highest BCUT2D eigenvalue weighted by atomic mass is 79.9. The van der Waals surface area contributed by atoms with E-state index in [0.717, 1.165) is 37.6 Å². The highest BCUT2D eigenvalue weighted by molar-refractivity contribution is 9.10. The molecule has 0 aliphatic carbocycles. The Morgan fingerprint density at radius 2 is 2.25 bits per heavy atom. The molecule has 128 valence electrons. The standard InChI is InChI=1S/C15H19BrN6O2/c1-10(2)21-9-18-19-14(21)11-4-3-5-20(8-11)15-13(16)6-12(7-17-15)22(23)24/h6-7,9-11H,3-5,8H2,1-2H3. The lowest BCUT2D eigenvalue weighted by atomic mass is 9.97. The number of pyridine rings is 1. The van der Waals surface area contributed by atoms with Gasteiger partial charge >= 0.3 is 0 Å². The molecule has 0 N–H and O–H groups in total. The van der Waals surface area contributed by atoms with Crippen LogP contribution in [0.1, 0.15) is 44.5 Å². The predicted molar refractivity (Wildman–Crippen MR) is 93.2 cm³/mol. The molecule has 9 heteroatoms. The topological polar surface area (TPSA) is 90.0 Å². The second kappa shape index (κ2) is 6.84. The normalized spacial score (nSPS) is 18.2. The Balaban J connectivity index is 1.83. The first-order valence-corrected chi connectivity index (χ1v) is 8.71. The number of nitro groups is 1. The predicted octanol–water partition coefficient (Wildman–Crippen LogP) is 3.31. The molecular formula is C15H19BrN6O2. The van der Waals surface area contributed by atoms with Crippen molar-refractivity contribution < 1.29 is 4.92 Å². The molecule has 0 radical (unpaired) electrons. The van der Waals surface area contributed by atoms with Crippen LogP contribution < -0.4 is 4.90 Å². The van der Waals surface area contributed by atoms with E-state index in [0.29, 0.717) is 10.5 Å². The molecule has 1 aliphatic heterocycles. The van der Waals surface area contributed by atoms with Crippen molar-refractivity contribution in [2.75, 3.05) is 18.0 Å². The summed E-state index contributed by atoms with van der Waals surface area (Å²) in [5.41, 5.74) is -0.0151. The molecule has 0 amide bonds. The van der Waals surface area contributed by atoms with E-state index in [9.17, 15) is 10.1 Å². The smallest absolute Gasteiger partial charge is 0.288 e. The molecule has 0 bridgehead atoms. The largest absolute Gasteiger partial charge is 0.355 e. The third kappa shape index (κ3) is 3.26. The average molecular weight is 395 g/mol. The van der Waals surface area contributed by atoms with Gasteiger partial charge in [-0.05, 0) is 42.6 Å². The van der Waals surface area contributed by atoms with Crippen LogP contribution >= 0.6 is 15.9 Å². The number of hydrogen-bond donors (Lipinski definition) is 0. The third-order valence-corrected chi connectivity index (χ3v) is 4.84. The van der Waals surface area contributed by atoms with Crippen molar-refractivity contribution >= 4 is 27.4 Å². The van der Waals surface area contributed by atoms with Gasteiger partial charge in [-0.1, -0.05) is 0 Å². The number of piperidine rings is 1. The summed E-state index contributed by atoms with van der Waals surface area (Å²) in [7, 11) is 0. The molecule has 24 heavy (non-hydrogen) atoms. The minimum Gasteiger partial charge on any atom is -0.355 e. The minimum atomic E-state index is -0.439. The van der Waals surface area contributed by atoms with Gasteiger partial charge < -0.3 is 9.47 Å². The number of halogens is 1. The number of rotatable bonds is 4. The van der Waals surface area contributed by atoms with Gasteiger partial charge in [-0.15, -0.1) is 10.2 Å². The number of aromatic nitrogens is 4. The molecule has 8 nitrogen and oxygen atoms in total. The van der Waals surface area contributed by atoms with Crippen molar-refractivity contribution in [3.05, 3.63) is 39.0 Å². The van der Waals surface area contributed by atoms with E-state index >= 15 is 0 Å². The van der Waals surface area contributed by atoms with Gasteiger partial charge in [-0.2, -0.15) is 0 Å². The van der Waals surface area contributed by atoms with Gasteiger partial charge in [0.2, 0.25) is 0 Å². The quantitative estimate of drug-likeness (QED) is 0.583. The summed E-state index contributed by atoms with van der Waals surface area (Å²) in [5.74, 6) is 2.00. The van der Waals surface area contributed by atoms with Gasteiger partial charge in [0, 0.05) is 31.1 Å². The van der Waals surface area contributed by atoms with E-state index < -0.39 is 4.92 Å². The molecule has 2 aromatic heterocycles. The van der Waals surface area contributed by atoms with Crippen LogP contribution in [0.25, 0.3) is 0 Å². The minimum absolute atomic E-state index is 0.0151. The first-order valence-electron chi connectivity index (χ1n) is 7.91. The molecule has 1 aliphatic rings. The van der Waals surface area contributed by atoms with E-state index in [1.165, 1.54) is 12.3 Å². The fourth-order valence-electron chi connectivity index (χ4n) is 3.08. The van der Waals surface area contributed by atoms with Gasteiger partial charge in [0.25, 0.3) is 5.69 Å². The number of nitrogens with zero attached hydrogens (tertiary/aromatic N) is 6. The van der Waals surface area contributed by atoms with Crippen LogP contribution in [0.5, 0.6) is 0 Å². The molecule has 0 spiro atoms. The van der Waals surface area contributed by atoms with E-state index in [1.54, 1.807) is 6.33 Å². The van der Waals surface area contributed by atoms with Crippen molar-refractivity contribution in [2.45, 2.75) is 38.6 Å². The molecule has 1 fully saturated rings. The summed E-state index contributed by atoms with van der Waals surface area (Å²) < 4.78 is 2.75. The first kappa shape index (κ1) is 16.8. The van der Waals surface area contributed by atoms with Crippen molar-refractivity contribution in [1.29, 1.82) is 0 Å². The summed E-state index contributed by atoms with van der Waals surface area (Å²) >= 11 is 3.42. The van der Waals surface area contributed by atoms with Crippen LogP contribution in [0.4, 0.5) is 11.5 Å². The third-order valence-electron chi connectivity index (χ3n) is 4.26. The van der Waals surface area contributed by atoms with Crippen LogP contribution in [0.3, 0.4) is 0 Å². The molecule has 1 unspecified atom stereocenters. The van der Waals surface area contributed by atoms with E-state index in [1.807, 2.05) is 0 Å². The van der Waals surface area contributed by atoms with Gasteiger partial charge in [0.1, 0.15) is 24.2 Å². The Labute approximate surface area is 148 Å². The maximum absolute atomic E-state index is 10.9. The van der Waals surface area contributed by atoms with Gasteiger partial charge in [0.05, 0.1) is 9.40 Å². The zero-order valence-electron chi connectivity index (χ0n) is 13.6.